The first-order chi connectivity index (χ1) is 9.95. The lowest BCUT2D eigenvalue weighted by Crippen LogP contribution is -2.35. The van der Waals surface area contributed by atoms with Gasteiger partial charge in [0.05, 0.1) is 4.90 Å². The molecule has 2 N–H and O–H groups in total. The monoisotopic (exact) mass is 375 g/mol. The molecule has 1 aliphatic heterocycles. The SMILES string of the molecule is CN(CCN1CCCC1)S(=O)(=O)c1cc(CN)ccc1Br. The fraction of sp³-hybridized carbons (Fsp3) is 0.571. The maximum atomic E-state index is 12.7. The van der Waals surface area contributed by atoms with E-state index in [0.717, 1.165) is 25.2 Å². The summed E-state index contributed by atoms with van der Waals surface area (Å²) in [5, 5.41) is 0. The van der Waals surface area contributed by atoms with Crippen molar-refractivity contribution < 1.29 is 8.42 Å². The highest BCUT2D eigenvalue weighted by molar-refractivity contribution is 9.10. The molecule has 1 saturated heterocycles. The number of sulfonamides is 1. The number of rotatable bonds is 6. The third-order valence-corrected chi connectivity index (χ3v) is 6.70. The Balaban J connectivity index is 2.12. The number of nitrogens with zero attached hydrogens (tertiary/aromatic N) is 2. The van der Waals surface area contributed by atoms with Crippen LogP contribution in [0.4, 0.5) is 0 Å². The molecule has 0 radical (unpaired) electrons. The van der Waals surface area contributed by atoms with Crippen molar-refractivity contribution in [1.82, 2.24) is 9.21 Å². The molecule has 0 unspecified atom stereocenters. The largest absolute Gasteiger partial charge is 0.326 e. The summed E-state index contributed by atoms with van der Waals surface area (Å²) < 4.78 is 27.3. The molecule has 1 heterocycles. The topological polar surface area (TPSA) is 66.6 Å². The minimum atomic E-state index is -3.49. The molecule has 0 aromatic heterocycles. The van der Waals surface area contributed by atoms with Crippen molar-refractivity contribution in [2.24, 2.45) is 5.73 Å². The van der Waals surface area contributed by atoms with E-state index in [4.69, 9.17) is 5.73 Å². The van der Waals surface area contributed by atoms with Crippen molar-refractivity contribution >= 4 is 26.0 Å². The number of benzene rings is 1. The average Bonchev–Trinajstić information content (AvgIpc) is 2.98. The van der Waals surface area contributed by atoms with Gasteiger partial charge < -0.3 is 10.6 Å². The van der Waals surface area contributed by atoms with Gasteiger partial charge in [0.25, 0.3) is 0 Å². The summed E-state index contributed by atoms with van der Waals surface area (Å²) in [6.07, 6.45) is 2.42. The highest BCUT2D eigenvalue weighted by atomic mass is 79.9. The fourth-order valence-corrected chi connectivity index (χ4v) is 4.58. The number of likely N-dealkylation sites (N-methyl/N-ethyl adjacent to an activating group) is 1. The number of hydrogen-bond acceptors (Lipinski definition) is 4. The van der Waals surface area contributed by atoms with Crippen LogP contribution in [-0.4, -0.2) is 50.8 Å². The highest BCUT2D eigenvalue weighted by Crippen LogP contribution is 2.25. The van der Waals surface area contributed by atoms with Gasteiger partial charge in [-0.15, -0.1) is 0 Å². The van der Waals surface area contributed by atoms with Crippen LogP contribution in [-0.2, 0) is 16.6 Å². The Kier molecular flexibility index (Phi) is 5.79. The molecule has 1 aliphatic rings. The van der Waals surface area contributed by atoms with E-state index in [9.17, 15) is 8.42 Å². The Bertz CT molecular complexity index is 586. The van der Waals surface area contributed by atoms with Crippen LogP contribution in [0.1, 0.15) is 18.4 Å². The first kappa shape index (κ1) is 16.9. The van der Waals surface area contributed by atoms with Crippen LogP contribution in [0.3, 0.4) is 0 Å². The zero-order valence-corrected chi connectivity index (χ0v) is 14.7. The van der Waals surface area contributed by atoms with E-state index in [1.54, 1.807) is 19.2 Å². The fourth-order valence-electron chi connectivity index (χ4n) is 2.45. The summed E-state index contributed by atoms with van der Waals surface area (Å²) in [7, 11) is -1.86. The predicted molar refractivity (Wildman–Crippen MR) is 87.5 cm³/mol. The van der Waals surface area contributed by atoms with Crippen LogP contribution in [0.2, 0.25) is 0 Å². The highest BCUT2D eigenvalue weighted by Gasteiger charge is 2.24. The summed E-state index contributed by atoms with van der Waals surface area (Å²) in [5.74, 6) is 0. The lowest BCUT2D eigenvalue weighted by Gasteiger charge is -2.22. The van der Waals surface area contributed by atoms with E-state index in [1.165, 1.54) is 17.1 Å². The third kappa shape index (κ3) is 4.04. The molecule has 0 bridgehead atoms. The molecule has 1 fully saturated rings. The van der Waals surface area contributed by atoms with Crippen LogP contribution < -0.4 is 5.73 Å². The normalized spacial score (nSPS) is 16.8. The molecule has 0 aliphatic carbocycles. The number of hydrogen-bond donors (Lipinski definition) is 1. The Morgan fingerprint density at radius 3 is 2.62 bits per heavy atom. The molecule has 2 rings (SSSR count). The van der Waals surface area contributed by atoms with Gasteiger partial charge >= 0.3 is 0 Å². The van der Waals surface area contributed by atoms with Crippen molar-refractivity contribution in [2.45, 2.75) is 24.3 Å². The van der Waals surface area contributed by atoms with E-state index >= 15 is 0 Å². The second-order valence-electron chi connectivity index (χ2n) is 5.34. The Morgan fingerprint density at radius 2 is 2.00 bits per heavy atom. The quantitative estimate of drug-likeness (QED) is 0.820. The zero-order chi connectivity index (χ0) is 15.5. The molecule has 0 amide bonds. The van der Waals surface area contributed by atoms with Gasteiger partial charge in [0.15, 0.2) is 0 Å². The molecule has 1 aromatic carbocycles. The Hall–Kier alpha value is -0.470. The predicted octanol–water partition coefficient (Wildman–Crippen LogP) is 1.62. The van der Waals surface area contributed by atoms with Crippen molar-refractivity contribution in [3.63, 3.8) is 0 Å². The van der Waals surface area contributed by atoms with Gasteiger partial charge in [0, 0.05) is 31.2 Å². The smallest absolute Gasteiger partial charge is 0.243 e. The summed E-state index contributed by atoms with van der Waals surface area (Å²) in [6, 6.07) is 5.21. The molecule has 21 heavy (non-hydrogen) atoms. The maximum absolute atomic E-state index is 12.7. The molecule has 0 saturated carbocycles. The van der Waals surface area contributed by atoms with Gasteiger partial charge in [-0.1, -0.05) is 6.07 Å². The molecule has 118 valence electrons. The van der Waals surface area contributed by atoms with Gasteiger partial charge in [0.2, 0.25) is 10.0 Å². The van der Waals surface area contributed by atoms with Gasteiger partial charge in [-0.2, -0.15) is 4.31 Å². The second-order valence-corrected chi connectivity index (χ2v) is 8.21. The molecule has 5 nitrogen and oxygen atoms in total. The van der Waals surface area contributed by atoms with Crippen LogP contribution in [0, 0.1) is 0 Å². The van der Waals surface area contributed by atoms with Crippen molar-refractivity contribution in [1.29, 1.82) is 0 Å². The maximum Gasteiger partial charge on any atom is 0.243 e. The van der Waals surface area contributed by atoms with Crippen LogP contribution in [0.15, 0.2) is 27.6 Å². The van der Waals surface area contributed by atoms with Crippen LogP contribution >= 0.6 is 15.9 Å². The number of nitrogens with two attached hydrogens (primary N) is 1. The number of likely N-dealkylation sites (tertiary alicyclic amines) is 1. The van der Waals surface area contributed by atoms with Crippen molar-refractivity contribution in [3.05, 3.63) is 28.2 Å². The van der Waals surface area contributed by atoms with E-state index in [2.05, 4.69) is 20.8 Å². The van der Waals surface area contributed by atoms with Gasteiger partial charge in [0.1, 0.15) is 0 Å². The first-order valence-electron chi connectivity index (χ1n) is 7.12. The van der Waals surface area contributed by atoms with Crippen molar-refractivity contribution in [3.8, 4) is 0 Å². The van der Waals surface area contributed by atoms with E-state index in [1.807, 2.05) is 6.07 Å². The van der Waals surface area contributed by atoms with E-state index in [0.29, 0.717) is 17.6 Å². The standard InChI is InChI=1S/C14H22BrN3O2S/c1-17(8-9-18-6-2-3-7-18)21(19,20)14-10-12(11-16)4-5-13(14)15/h4-5,10H,2-3,6-9,11,16H2,1H3. The van der Waals surface area contributed by atoms with Gasteiger partial charge in [-0.25, -0.2) is 8.42 Å². The lowest BCUT2D eigenvalue weighted by molar-refractivity contribution is 0.310. The number of halogens is 1. The molecular weight excluding hydrogens is 354 g/mol. The van der Waals surface area contributed by atoms with Crippen molar-refractivity contribution in [2.75, 3.05) is 33.2 Å². The van der Waals surface area contributed by atoms with E-state index < -0.39 is 10.0 Å². The van der Waals surface area contributed by atoms with Crippen LogP contribution in [0.25, 0.3) is 0 Å². The van der Waals surface area contributed by atoms with Gasteiger partial charge in [-0.3, -0.25) is 0 Å². The third-order valence-electron chi connectivity index (χ3n) is 3.85. The summed E-state index contributed by atoms with van der Waals surface area (Å²) in [6.45, 7) is 3.75. The average molecular weight is 376 g/mol. The summed E-state index contributed by atoms with van der Waals surface area (Å²) >= 11 is 3.32. The first-order valence-corrected chi connectivity index (χ1v) is 9.35. The minimum absolute atomic E-state index is 0.286. The molecule has 7 heteroatoms. The Morgan fingerprint density at radius 1 is 1.33 bits per heavy atom. The summed E-state index contributed by atoms with van der Waals surface area (Å²) in [5.41, 5.74) is 6.41. The molecular formula is C14H22BrN3O2S. The zero-order valence-electron chi connectivity index (χ0n) is 12.3. The minimum Gasteiger partial charge on any atom is -0.326 e. The summed E-state index contributed by atoms with van der Waals surface area (Å²) in [4.78, 5) is 2.59. The second kappa shape index (κ2) is 7.19. The molecule has 1 aromatic rings. The molecule has 0 spiro atoms. The Labute approximate surface area is 135 Å². The van der Waals surface area contributed by atoms with E-state index in [-0.39, 0.29) is 4.90 Å². The van der Waals surface area contributed by atoms with Crippen LogP contribution in [0.5, 0.6) is 0 Å². The van der Waals surface area contributed by atoms with Gasteiger partial charge in [-0.05, 0) is 59.6 Å². The lowest BCUT2D eigenvalue weighted by atomic mass is 10.2. The molecule has 0 atom stereocenters.